The topological polar surface area (TPSA) is 49.6 Å². The molecule has 0 aliphatic carbocycles. The van der Waals surface area contributed by atoms with Crippen molar-refractivity contribution in [2.24, 2.45) is 17.6 Å². The van der Waals surface area contributed by atoms with Gasteiger partial charge in [-0.2, -0.15) is 0 Å². The van der Waals surface area contributed by atoms with Gasteiger partial charge in [0.25, 0.3) is 0 Å². The van der Waals surface area contributed by atoms with Crippen molar-refractivity contribution >= 4 is 5.91 Å². The van der Waals surface area contributed by atoms with Crippen molar-refractivity contribution in [3.05, 3.63) is 71.8 Å². The SMILES string of the molecule is NC(=O)CC(c1ccccc1)N1CC2CC(CN(Cc3ccccc3)C2)C1. The fraction of sp³-hybridized carbons (Fsp3) is 0.435. The van der Waals surface area contributed by atoms with E-state index in [0.717, 1.165) is 32.7 Å². The lowest BCUT2D eigenvalue weighted by atomic mass is 9.83. The van der Waals surface area contributed by atoms with Crippen LogP contribution in [0.4, 0.5) is 0 Å². The van der Waals surface area contributed by atoms with Crippen LogP contribution in [0.15, 0.2) is 60.7 Å². The van der Waals surface area contributed by atoms with Crippen molar-refractivity contribution in [2.45, 2.75) is 25.4 Å². The largest absolute Gasteiger partial charge is 0.370 e. The summed E-state index contributed by atoms with van der Waals surface area (Å²) in [7, 11) is 0. The van der Waals surface area contributed by atoms with Crippen molar-refractivity contribution in [2.75, 3.05) is 26.2 Å². The summed E-state index contributed by atoms with van der Waals surface area (Å²) in [6, 6.07) is 21.2. The van der Waals surface area contributed by atoms with Crippen molar-refractivity contribution < 1.29 is 4.79 Å². The number of primary amides is 1. The lowest BCUT2D eigenvalue weighted by Gasteiger charge is -2.48. The molecule has 2 aromatic carbocycles. The van der Waals surface area contributed by atoms with Gasteiger partial charge < -0.3 is 5.73 Å². The highest BCUT2D eigenvalue weighted by Gasteiger charge is 2.37. The number of amides is 1. The molecule has 2 aromatic rings. The Morgan fingerprint density at radius 1 is 0.926 bits per heavy atom. The second-order valence-corrected chi connectivity index (χ2v) is 8.20. The number of rotatable bonds is 6. The summed E-state index contributed by atoms with van der Waals surface area (Å²) < 4.78 is 0. The van der Waals surface area contributed by atoms with Crippen LogP contribution >= 0.6 is 0 Å². The lowest BCUT2D eigenvalue weighted by Crippen LogP contribution is -2.53. The molecular weight excluding hydrogens is 334 g/mol. The zero-order chi connectivity index (χ0) is 18.6. The number of carbonyl (C=O) groups excluding carboxylic acids is 1. The van der Waals surface area contributed by atoms with Crippen molar-refractivity contribution in [1.82, 2.24) is 9.80 Å². The van der Waals surface area contributed by atoms with Crippen LogP contribution in [-0.4, -0.2) is 41.9 Å². The maximum absolute atomic E-state index is 11.7. The van der Waals surface area contributed by atoms with E-state index >= 15 is 0 Å². The van der Waals surface area contributed by atoms with Crippen LogP contribution in [0.3, 0.4) is 0 Å². The standard InChI is InChI=1S/C23H29N3O/c24-23(27)12-22(21-9-5-2-6-10-21)26-16-19-11-20(17-26)15-25(14-19)13-18-7-3-1-4-8-18/h1-10,19-20,22H,11-17H2,(H2,24,27). The molecule has 4 nitrogen and oxygen atoms in total. The minimum absolute atomic E-state index is 0.106. The zero-order valence-corrected chi connectivity index (χ0v) is 15.8. The van der Waals surface area contributed by atoms with Crippen LogP contribution in [0.1, 0.15) is 30.0 Å². The van der Waals surface area contributed by atoms with E-state index in [2.05, 4.69) is 64.4 Å². The molecule has 0 saturated carbocycles. The summed E-state index contributed by atoms with van der Waals surface area (Å²) in [6.45, 7) is 5.42. The highest BCUT2D eigenvalue weighted by atomic mass is 16.1. The number of carbonyl (C=O) groups is 1. The number of fused-ring (bicyclic) bond motifs is 2. The third-order valence-electron chi connectivity index (χ3n) is 5.95. The first-order valence-corrected chi connectivity index (χ1v) is 10.0. The van der Waals surface area contributed by atoms with Gasteiger partial charge in [-0.1, -0.05) is 60.7 Å². The van der Waals surface area contributed by atoms with Gasteiger partial charge in [-0.15, -0.1) is 0 Å². The zero-order valence-electron chi connectivity index (χ0n) is 15.8. The highest BCUT2D eigenvalue weighted by Crippen LogP contribution is 2.35. The number of benzene rings is 2. The summed E-state index contributed by atoms with van der Waals surface area (Å²) in [5, 5.41) is 0. The predicted molar refractivity (Wildman–Crippen MR) is 108 cm³/mol. The number of nitrogens with two attached hydrogens (primary N) is 1. The first-order valence-electron chi connectivity index (χ1n) is 10.0. The summed E-state index contributed by atoms with van der Waals surface area (Å²) >= 11 is 0. The molecule has 2 saturated heterocycles. The van der Waals surface area contributed by atoms with E-state index in [4.69, 9.17) is 5.73 Å². The number of likely N-dealkylation sites (tertiary alicyclic amines) is 2. The Kier molecular flexibility index (Phi) is 5.55. The van der Waals surface area contributed by atoms with Gasteiger partial charge >= 0.3 is 0 Å². The van der Waals surface area contributed by atoms with E-state index in [9.17, 15) is 4.79 Å². The molecule has 4 heteroatoms. The van der Waals surface area contributed by atoms with Crippen LogP contribution in [0.5, 0.6) is 0 Å². The van der Waals surface area contributed by atoms with Crippen LogP contribution < -0.4 is 5.73 Å². The van der Waals surface area contributed by atoms with Gasteiger partial charge in [-0.3, -0.25) is 14.6 Å². The fourth-order valence-corrected chi connectivity index (χ4v) is 4.98. The smallest absolute Gasteiger partial charge is 0.219 e. The molecule has 1 amide bonds. The van der Waals surface area contributed by atoms with E-state index in [1.165, 1.54) is 17.5 Å². The molecule has 142 valence electrons. The number of hydrogen-bond donors (Lipinski definition) is 1. The second kappa shape index (κ2) is 8.24. The Hall–Kier alpha value is -2.17. The average molecular weight is 364 g/mol. The fourth-order valence-electron chi connectivity index (χ4n) is 4.98. The average Bonchev–Trinajstić information content (AvgIpc) is 2.67. The second-order valence-electron chi connectivity index (χ2n) is 8.20. The normalized spacial score (nSPS) is 24.4. The molecule has 0 spiro atoms. The monoisotopic (exact) mass is 363 g/mol. The van der Waals surface area contributed by atoms with Gasteiger partial charge in [-0.25, -0.2) is 0 Å². The summed E-state index contributed by atoms with van der Waals surface area (Å²) in [4.78, 5) is 16.8. The maximum atomic E-state index is 11.7. The van der Waals surface area contributed by atoms with Crippen molar-refractivity contribution in [3.63, 3.8) is 0 Å². The third-order valence-corrected chi connectivity index (χ3v) is 5.95. The quantitative estimate of drug-likeness (QED) is 0.858. The number of nitrogens with zero attached hydrogens (tertiary/aromatic N) is 2. The van der Waals surface area contributed by atoms with Crippen LogP contribution in [0.2, 0.25) is 0 Å². The van der Waals surface area contributed by atoms with E-state index in [-0.39, 0.29) is 11.9 Å². The molecule has 3 atom stereocenters. The van der Waals surface area contributed by atoms with E-state index in [1.807, 2.05) is 6.07 Å². The maximum Gasteiger partial charge on any atom is 0.219 e. The van der Waals surface area contributed by atoms with Gasteiger partial charge in [-0.05, 0) is 29.4 Å². The van der Waals surface area contributed by atoms with Crippen LogP contribution in [0, 0.1) is 11.8 Å². The molecule has 0 aromatic heterocycles. The molecule has 2 fully saturated rings. The first kappa shape index (κ1) is 18.2. The highest BCUT2D eigenvalue weighted by molar-refractivity contribution is 5.74. The lowest BCUT2D eigenvalue weighted by molar-refractivity contribution is -0.119. The minimum atomic E-state index is -0.217. The van der Waals surface area contributed by atoms with Gasteiger partial charge in [0.1, 0.15) is 0 Å². The molecule has 3 unspecified atom stereocenters. The molecule has 4 rings (SSSR count). The predicted octanol–water partition coefficient (Wildman–Crippen LogP) is 3.06. The first-order chi connectivity index (χ1) is 13.2. The molecule has 0 radical (unpaired) electrons. The Morgan fingerprint density at radius 2 is 1.52 bits per heavy atom. The van der Waals surface area contributed by atoms with Crippen LogP contribution in [-0.2, 0) is 11.3 Å². The van der Waals surface area contributed by atoms with E-state index < -0.39 is 0 Å². The van der Waals surface area contributed by atoms with Crippen molar-refractivity contribution in [3.8, 4) is 0 Å². The summed E-state index contributed by atoms with van der Waals surface area (Å²) in [5.41, 5.74) is 8.19. The van der Waals surface area contributed by atoms with E-state index in [0.29, 0.717) is 18.3 Å². The third kappa shape index (κ3) is 4.57. The van der Waals surface area contributed by atoms with Gasteiger partial charge in [0.05, 0.1) is 0 Å². The molecule has 2 aliphatic rings. The Labute approximate surface area is 162 Å². The Balaban J connectivity index is 1.44. The Morgan fingerprint density at radius 3 is 2.11 bits per heavy atom. The van der Waals surface area contributed by atoms with Gasteiger partial charge in [0.15, 0.2) is 0 Å². The Bertz CT molecular complexity index is 735. The molecule has 2 N–H and O–H groups in total. The summed E-state index contributed by atoms with van der Waals surface area (Å²) in [6.07, 6.45) is 1.71. The molecule has 2 heterocycles. The van der Waals surface area contributed by atoms with Crippen molar-refractivity contribution in [1.29, 1.82) is 0 Å². The van der Waals surface area contributed by atoms with Gasteiger partial charge in [0, 0.05) is 45.2 Å². The molecule has 2 bridgehead atoms. The molecular formula is C23H29N3O. The number of hydrogen-bond acceptors (Lipinski definition) is 3. The minimum Gasteiger partial charge on any atom is -0.370 e. The molecule has 27 heavy (non-hydrogen) atoms. The van der Waals surface area contributed by atoms with Gasteiger partial charge in [0.2, 0.25) is 5.91 Å². The molecule has 2 aliphatic heterocycles. The summed E-state index contributed by atoms with van der Waals surface area (Å²) in [5.74, 6) is 1.12. The number of piperidine rings is 2. The van der Waals surface area contributed by atoms with E-state index in [1.54, 1.807) is 0 Å². The van der Waals surface area contributed by atoms with Crippen LogP contribution in [0.25, 0.3) is 0 Å².